The Morgan fingerprint density at radius 2 is 0.549 bits per heavy atom. The number of aryl methyl sites for hydroxylation is 2. The molecule has 0 aromatic heterocycles. The third kappa shape index (κ3) is 394. The van der Waals surface area contributed by atoms with Crippen LogP contribution in [0, 0.1) is 23.7 Å². The van der Waals surface area contributed by atoms with Crippen molar-refractivity contribution in [2.24, 2.45) is 29.4 Å². The maximum absolute atomic E-state index is 10.7. The summed E-state index contributed by atoms with van der Waals surface area (Å²) in [5, 5.41) is 8.06. The minimum absolute atomic E-state index is 0. The van der Waals surface area contributed by atoms with Gasteiger partial charge in [0.05, 0.1) is 0 Å². The fourth-order valence-corrected chi connectivity index (χ4v) is 2.92. The van der Waals surface area contributed by atoms with Crippen molar-refractivity contribution in [3.8, 4) is 0 Å². The highest BCUT2D eigenvalue weighted by Crippen LogP contribution is 2.08. The Labute approximate surface area is 563 Å². The summed E-state index contributed by atoms with van der Waals surface area (Å²) in [7, 11) is 1.50. The highest BCUT2D eigenvalue weighted by atomic mass is 16.3. The maximum Gasteiger partial charge on any atom is 0.219 e. The molecule has 0 spiro atoms. The number of rotatable bonds is 8. The highest BCUT2D eigenvalue weighted by molar-refractivity contribution is 5.73. The van der Waals surface area contributed by atoms with Crippen LogP contribution in [-0.2, 0) is 70.4 Å². The number of hydrogen-bond donors (Lipinski definition) is 12. The lowest BCUT2D eigenvalue weighted by Crippen LogP contribution is -2.33. The zero-order chi connectivity index (χ0) is 70.0. The Morgan fingerprint density at radius 1 is 0.396 bits per heavy atom. The molecule has 1 saturated heterocycles. The first-order chi connectivity index (χ1) is 38.8. The molecule has 1 aliphatic rings. The smallest absolute Gasteiger partial charge is 0.219 e. The van der Waals surface area contributed by atoms with Crippen LogP contribution >= 0.6 is 0 Å². The molecular weight excluding hydrogens is 1170 g/mol. The van der Waals surface area contributed by atoms with E-state index in [2.05, 4.69) is 165 Å². The van der Waals surface area contributed by atoms with Gasteiger partial charge in [-0.1, -0.05) is 216 Å². The highest BCUT2D eigenvalue weighted by Gasteiger charge is 2.11. The third-order valence-electron chi connectivity index (χ3n) is 8.75. The number of benzene rings is 2. The van der Waals surface area contributed by atoms with Gasteiger partial charge in [-0.2, -0.15) is 0 Å². The summed E-state index contributed by atoms with van der Waals surface area (Å²) in [5.74, 6) is 3.82. The molecule has 3 rings (SSSR count). The molecule has 566 valence electrons. The van der Waals surface area contributed by atoms with Crippen molar-refractivity contribution < 1.29 is 62.6 Å². The molecule has 1 fully saturated rings. The topological polar surface area (TPSA) is 604 Å². The summed E-state index contributed by atoms with van der Waals surface area (Å²) < 4.78 is 0. The van der Waals surface area contributed by atoms with Gasteiger partial charge in [-0.25, -0.2) is 0 Å². The van der Waals surface area contributed by atoms with Crippen molar-refractivity contribution in [1.82, 2.24) is 66.4 Å². The van der Waals surface area contributed by atoms with Crippen LogP contribution < -0.4 is 67.2 Å². The summed E-state index contributed by atoms with van der Waals surface area (Å²) in [5.41, 5.74) is 8.57. The molecule has 25 nitrogen and oxygen atoms in total. The van der Waals surface area contributed by atoms with Crippen LogP contribution in [0.3, 0.4) is 0 Å². The number of aliphatic hydroxyl groups excluding tert-OH is 1. The van der Waals surface area contributed by atoms with Crippen LogP contribution in [-0.4, -0.2) is 117 Å². The van der Waals surface area contributed by atoms with Crippen molar-refractivity contribution in [2.45, 2.75) is 222 Å². The summed E-state index contributed by atoms with van der Waals surface area (Å²) in [4.78, 5) is 101. The molecule has 2 aromatic carbocycles. The molecule has 1 aliphatic heterocycles. The van der Waals surface area contributed by atoms with Gasteiger partial charge in [0.2, 0.25) is 5.91 Å². The van der Waals surface area contributed by atoms with Crippen molar-refractivity contribution in [1.29, 1.82) is 0 Å². The molecule has 0 radical (unpaired) electrons. The van der Waals surface area contributed by atoms with Gasteiger partial charge in [-0.3, -0.25) is 4.79 Å². The Hall–Kier alpha value is -6.46. The van der Waals surface area contributed by atoms with Crippen LogP contribution in [0.25, 0.3) is 0 Å². The van der Waals surface area contributed by atoms with E-state index < -0.39 is 0 Å². The van der Waals surface area contributed by atoms with E-state index in [1.165, 1.54) is 75.1 Å². The van der Waals surface area contributed by atoms with Crippen LogP contribution in [0.15, 0.2) is 72.8 Å². The second-order valence-corrected chi connectivity index (χ2v) is 16.0. The van der Waals surface area contributed by atoms with Crippen molar-refractivity contribution in [2.75, 3.05) is 20.1 Å². The minimum atomic E-state index is -0.167. The molecule has 2 aromatic rings. The average Bonchev–Trinajstić information content (AvgIpc) is 3.56. The number of nitrogens with zero attached hydrogens (tertiary/aromatic N) is 1. The first-order valence-corrected chi connectivity index (χ1v) is 27.2. The molecule has 1 amide bonds. The molecule has 91 heavy (non-hydrogen) atoms. The van der Waals surface area contributed by atoms with E-state index in [-0.39, 0.29) is 73.5 Å². The van der Waals surface area contributed by atoms with E-state index in [1.54, 1.807) is 20.8 Å². The Kier molecular flexibility index (Phi) is 552. The Morgan fingerprint density at radius 3 is 0.615 bits per heavy atom. The number of hydrogen-bond acceptors (Lipinski definition) is 24. The SMILES string of the molecule is C=C(C)CC.C=O.C=O.C=O.C=O.C=O.C=O.C=O.C=O.C=O.C=O.C=O.CC.CC(=O)N1CCCCC1.CC(C)O.CCC(C)C.CCC(C)C.CCC(C)C.CCC(C)CC.CCc1ccccc1.CCc1ccccc1.CN.N.N.N.N.N.N.N.N.N.N. The predicted molar refractivity (Wildman–Crippen MR) is 405 cm³/mol. The number of nitrogens with two attached hydrogens (primary N) is 1. The first-order valence-electron chi connectivity index (χ1n) is 27.2. The van der Waals surface area contributed by atoms with E-state index in [1.807, 2.05) is 112 Å². The summed E-state index contributed by atoms with van der Waals surface area (Å²) >= 11 is 0. The number of allylic oxidation sites excluding steroid dienone is 1. The molecule has 33 N–H and O–H groups in total. The van der Waals surface area contributed by atoms with Gasteiger partial charge in [-0.05, 0) is 101 Å². The lowest BCUT2D eigenvalue weighted by atomic mass is 10.1. The van der Waals surface area contributed by atoms with Crippen LogP contribution in [0.2, 0.25) is 0 Å². The van der Waals surface area contributed by atoms with E-state index in [0.717, 1.165) is 56.0 Å². The van der Waals surface area contributed by atoms with Gasteiger partial charge >= 0.3 is 0 Å². The zero-order valence-electron chi connectivity index (χ0n) is 63.8. The third-order valence-corrected chi connectivity index (χ3v) is 8.75. The standard InChI is InChI=1S/2C8H10.C7H13NO.C6H14.3C5H12.C5H10.C3H8O.C2H6.CH5N.11CH2O.10H3N/c2*1-2-8-6-4-3-5-7-8;1-7(9)8-5-3-2-4-6-8;1-4-6(3)5-2;4*1-4-5(2)3;1-3(2)4;13*1-2;;;;;;;;;;/h2*3-7H,2H2,1H3;2-6H2,1H3;6H,4-5H2,1-3H3;3*5H,4H2,1-3H3;2,4H2,1,3H3;3-4H,1-2H3;1-2H3;2H2,1H3;11*1H2;10*1H3. The summed E-state index contributed by atoms with van der Waals surface area (Å²) in [6.45, 7) is 71.8. The maximum atomic E-state index is 10.7. The average molecular weight is 1330 g/mol. The molecule has 0 aliphatic carbocycles. The normalized spacial score (nSPS) is 7.24. The number of carbonyl (C=O) groups excluding carboxylic acids is 12. The number of amides is 1. The van der Waals surface area contributed by atoms with Crippen LogP contribution in [0.5, 0.6) is 0 Å². The molecular formula is C66H164N12O13. The Bertz CT molecular complexity index is 1110. The molecule has 1 heterocycles. The van der Waals surface area contributed by atoms with Crippen LogP contribution in [0.1, 0.15) is 214 Å². The lowest BCUT2D eigenvalue weighted by molar-refractivity contribution is -0.129. The fraction of sp³-hybridized carbons (Fsp3) is 0.606. The van der Waals surface area contributed by atoms with Crippen LogP contribution in [0.4, 0.5) is 0 Å². The summed E-state index contributed by atoms with van der Waals surface area (Å²) in [6.07, 6.45) is 13.5. The molecule has 0 atom stereocenters. The lowest BCUT2D eigenvalue weighted by Gasteiger charge is -2.24. The minimum Gasteiger partial charge on any atom is -0.394 e. The van der Waals surface area contributed by atoms with Gasteiger partial charge in [-0.15, -0.1) is 6.58 Å². The molecule has 0 unspecified atom stereocenters. The second kappa shape index (κ2) is 263. The van der Waals surface area contributed by atoms with Crippen molar-refractivity contribution in [3.05, 3.63) is 83.9 Å². The van der Waals surface area contributed by atoms with E-state index in [0.29, 0.717) is 0 Å². The van der Waals surface area contributed by atoms with Crippen molar-refractivity contribution >= 4 is 80.6 Å². The van der Waals surface area contributed by atoms with Gasteiger partial charge in [0.15, 0.2) is 0 Å². The van der Waals surface area contributed by atoms with E-state index in [4.69, 9.17) is 57.8 Å². The first kappa shape index (κ1) is 191. The van der Waals surface area contributed by atoms with Gasteiger partial charge in [0, 0.05) is 26.1 Å². The van der Waals surface area contributed by atoms with E-state index in [9.17, 15) is 4.79 Å². The molecule has 25 heteroatoms. The van der Waals surface area contributed by atoms with Gasteiger partial charge < -0.3 is 130 Å². The number of likely N-dealkylation sites (tertiary alicyclic amines) is 1. The zero-order valence-corrected chi connectivity index (χ0v) is 63.8. The summed E-state index contributed by atoms with van der Waals surface area (Å²) in [6, 6.07) is 20.9. The Balaban J connectivity index is -0.0000000167. The van der Waals surface area contributed by atoms with Gasteiger partial charge in [0.1, 0.15) is 74.7 Å². The van der Waals surface area contributed by atoms with E-state index >= 15 is 0 Å². The fourth-order valence-electron chi connectivity index (χ4n) is 2.92. The monoisotopic (exact) mass is 1330 g/mol. The number of aliphatic hydroxyl groups is 1. The number of piperidine rings is 1. The van der Waals surface area contributed by atoms with Crippen molar-refractivity contribution in [3.63, 3.8) is 0 Å². The molecule has 0 bridgehead atoms. The second-order valence-electron chi connectivity index (χ2n) is 16.0. The largest absolute Gasteiger partial charge is 0.394 e. The predicted octanol–water partition coefficient (Wildman–Crippen LogP) is 16.7. The molecule has 0 saturated carbocycles. The number of carbonyl (C=O) groups is 12. The quantitative estimate of drug-likeness (QED) is 0.109. The van der Waals surface area contributed by atoms with Gasteiger partial charge in [0.25, 0.3) is 0 Å².